The Bertz CT molecular complexity index is 661. The molecule has 1 heterocycles. The maximum Gasteiger partial charge on any atom is 0.159 e. The number of benzene rings is 2. The number of hydrogen-bond donors (Lipinski definition) is 2. The van der Waals surface area contributed by atoms with Crippen molar-refractivity contribution in [3.05, 3.63) is 64.7 Å². The maximum atomic E-state index is 13.3. The topological polar surface area (TPSA) is 47.3 Å². The minimum atomic E-state index is -0.842. The standard InChI is InChI=1S/C16H16F2N2O/c17-13-3-1-10(7-14(13)18)8-15(20-19)11-2-4-16-12(9-11)5-6-21-16/h1-4,7,9,15,20H,5-6,8,19H2. The summed E-state index contributed by atoms with van der Waals surface area (Å²) in [4.78, 5) is 0. The van der Waals surface area contributed by atoms with Gasteiger partial charge in [0.05, 0.1) is 6.61 Å². The third-order valence-electron chi connectivity index (χ3n) is 3.74. The van der Waals surface area contributed by atoms with Crippen LogP contribution >= 0.6 is 0 Å². The van der Waals surface area contributed by atoms with Gasteiger partial charge in [0.2, 0.25) is 0 Å². The molecule has 0 saturated heterocycles. The molecule has 1 aliphatic rings. The average molecular weight is 290 g/mol. The summed E-state index contributed by atoms with van der Waals surface area (Å²) in [5.74, 6) is 4.84. The molecule has 1 aliphatic heterocycles. The lowest BCUT2D eigenvalue weighted by Gasteiger charge is -2.17. The smallest absolute Gasteiger partial charge is 0.159 e. The van der Waals surface area contributed by atoms with Gasteiger partial charge in [-0.1, -0.05) is 18.2 Å². The lowest BCUT2D eigenvalue weighted by Crippen LogP contribution is -2.29. The van der Waals surface area contributed by atoms with Gasteiger partial charge < -0.3 is 4.74 Å². The summed E-state index contributed by atoms with van der Waals surface area (Å²) in [5, 5.41) is 0. The van der Waals surface area contributed by atoms with Gasteiger partial charge in [-0.3, -0.25) is 11.3 Å². The molecule has 1 unspecified atom stereocenters. The zero-order valence-corrected chi connectivity index (χ0v) is 11.4. The van der Waals surface area contributed by atoms with E-state index in [-0.39, 0.29) is 6.04 Å². The molecule has 2 aromatic carbocycles. The van der Waals surface area contributed by atoms with E-state index in [2.05, 4.69) is 5.43 Å². The van der Waals surface area contributed by atoms with E-state index in [9.17, 15) is 8.78 Å². The van der Waals surface area contributed by atoms with Gasteiger partial charge in [0.25, 0.3) is 0 Å². The first-order valence-electron chi connectivity index (χ1n) is 6.83. The number of hydrazine groups is 1. The van der Waals surface area contributed by atoms with Crippen molar-refractivity contribution in [2.24, 2.45) is 5.84 Å². The molecule has 3 N–H and O–H groups in total. The molecule has 0 spiro atoms. The molecule has 0 radical (unpaired) electrons. The number of halogens is 2. The van der Waals surface area contributed by atoms with Crippen LogP contribution < -0.4 is 16.0 Å². The molecule has 0 amide bonds. The maximum absolute atomic E-state index is 13.3. The van der Waals surface area contributed by atoms with Gasteiger partial charge >= 0.3 is 0 Å². The van der Waals surface area contributed by atoms with Gasteiger partial charge in [-0.25, -0.2) is 8.78 Å². The fourth-order valence-corrected chi connectivity index (χ4v) is 2.60. The molecule has 21 heavy (non-hydrogen) atoms. The third-order valence-corrected chi connectivity index (χ3v) is 3.74. The van der Waals surface area contributed by atoms with E-state index >= 15 is 0 Å². The van der Waals surface area contributed by atoms with Crippen molar-refractivity contribution < 1.29 is 13.5 Å². The van der Waals surface area contributed by atoms with Crippen LogP contribution in [0, 0.1) is 11.6 Å². The second-order valence-electron chi connectivity index (χ2n) is 5.14. The molecule has 1 atom stereocenters. The van der Waals surface area contributed by atoms with E-state index in [0.29, 0.717) is 18.6 Å². The first-order chi connectivity index (χ1) is 10.2. The Labute approximate surface area is 121 Å². The highest BCUT2D eigenvalue weighted by Crippen LogP contribution is 2.29. The minimum Gasteiger partial charge on any atom is -0.493 e. The molecule has 0 aromatic heterocycles. The van der Waals surface area contributed by atoms with Crippen molar-refractivity contribution in [3.8, 4) is 5.75 Å². The van der Waals surface area contributed by atoms with Crippen molar-refractivity contribution in [2.45, 2.75) is 18.9 Å². The summed E-state index contributed by atoms with van der Waals surface area (Å²) in [6.45, 7) is 0.697. The van der Waals surface area contributed by atoms with Crippen LogP contribution in [0.5, 0.6) is 5.75 Å². The van der Waals surface area contributed by atoms with Crippen molar-refractivity contribution in [3.63, 3.8) is 0 Å². The Morgan fingerprint density at radius 1 is 1.14 bits per heavy atom. The van der Waals surface area contributed by atoms with Gasteiger partial charge in [0.15, 0.2) is 11.6 Å². The number of rotatable bonds is 4. The molecule has 2 aromatic rings. The Morgan fingerprint density at radius 2 is 2.00 bits per heavy atom. The Balaban J connectivity index is 1.83. The molecule has 0 aliphatic carbocycles. The van der Waals surface area contributed by atoms with E-state index in [4.69, 9.17) is 10.6 Å². The third kappa shape index (κ3) is 2.89. The summed E-state index contributed by atoms with van der Waals surface area (Å²) in [7, 11) is 0. The molecule has 110 valence electrons. The summed E-state index contributed by atoms with van der Waals surface area (Å²) in [6.07, 6.45) is 1.36. The lowest BCUT2D eigenvalue weighted by molar-refractivity contribution is 0.356. The van der Waals surface area contributed by atoms with Crippen LogP contribution in [0.25, 0.3) is 0 Å². The molecule has 5 heteroatoms. The SMILES string of the molecule is NNC(Cc1ccc(F)c(F)c1)c1ccc2c(c1)CCO2. The quantitative estimate of drug-likeness (QED) is 0.672. The summed E-state index contributed by atoms with van der Waals surface area (Å²) < 4.78 is 31.7. The lowest BCUT2D eigenvalue weighted by atomic mass is 9.97. The van der Waals surface area contributed by atoms with Gasteiger partial charge in [0, 0.05) is 12.5 Å². The Hall–Kier alpha value is -1.98. The van der Waals surface area contributed by atoms with Gasteiger partial charge in [-0.05, 0) is 41.3 Å². The van der Waals surface area contributed by atoms with Crippen LogP contribution in [0.2, 0.25) is 0 Å². The van der Waals surface area contributed by atoms with Gasteiger partial charge in [0.1, 0.15) is 5.75 Å². The predicted molar refractivity (Wildman–Crippen MR) is 75.8 cm³/mol. The fourth-order valence-electron chi connectivity index (χ4n) is 2.60. The number of hydrogen-bond acceptors (Lipinski definition) is 3. The summed E-state index contributed by atoms with van der Waals surface area (Å²) in [5.41, 5.74) is 5.58. The monoisotopic (exact) mass is 290 g/mol. The predicted octanol–water partition coefficient (Wildman–Crippen LogP) is 2.65. The molecule has 3 rings (SSSR count). The highest BCUT2D eigenvalue weighted by atomic mass is 19.2. The van der Waals surface area contributed by atoms with Gasteiger partial charge in [-0.15, -0.1) is 0 Å². The number of fused-ring (bicyclic) bond motifs is 1. The molecule has 0 fully saturated rings. The number of nitrogens with two attached hydrogens (primary N) is 1. The Morgan fingerprint density at radius 3 is 2.76 bits per heavy atom. The summed E-state index contributed by atoms with van der Waals surface area (Å²) >= 11 is 0. The molecular weight excluding hydrogens is 274 g/mol. The van der Waals surface area contributed by atoms with Gasteiger partial charge in [-0.2, -0.15) is 0 Å². The van der Waals surface area contributed by atoms with E-state index in [1.54, 1.807) is 6.07 Å². The molecular formula is C16H16F2N2O. The number of nitrogens with one attached hydrogen (secondary N) is 1. The zero-order valence-electron chi connectivity index (χ0n) is 11.4. The van der Waals surface area contributed by atoms with Crippen LogP contribution in [0.4, 0.5) is 8.78 Å². The highest BCUT2D eigenvalue weighted by Gasteiger charge is 2.17. The van der Waals surface area contributed by atoms with E-state index in [0.717, 1.165) is 29.4 Å². The van der Waals surface area contributed by atoms with E-state index in [1.807, 2.05) is 18.2 Å². The summed E-state index contributed by atoms with van der Waals surface area (Å²) in [6, 6.07) is 9.65. The normalized spacial score (nSPS) is 14.6. The molecule has 3 nitrogen and oxygen atoms in total. The van der Waals surface area contributed by atoms with Crippen LogP contribution in [0.1, 0.15) is 22.7 Å². The van der Waals surface area contributed by atoms with Crippen molar-refractivity contribution >= 4 is 0 Å². The fraction of sp³-hybridized carbons (Fsp3) is 0.250. The second-order valence-corrected chi connectivity index (χ2v) is 5.14. The van der Waals surface area contributed by atoms with Crippen LogP contribution in [0.3, 0.4) is 0 Å². The van der Waals surface area contributed by atoms with Crippen LogP contribution in [0.15, 0.2) is 36.4 Å². The first kappa shape index (κ1) is 14.0. The minimum absolute atomic E-state index is 0.166. The molecule has 0 saturated carbocycles. The highest BCUT2D eigenvalue weighted by molar-refractivity contribution is 5.41. The Kier molecular flexibility index (Phi) is 3.86. The molecule has 0 bridgehead atoms. The number of ether oxygens (including phenoxy) is 1. The van der Waals surface area contributed by atoms with Crippen molar-refractivity contribution in [1.29, 1.82) is 0 Å². The average Bonchev–Trinajstić information content (AvgIpc) is 2.95. The zero-order chi connectivity index (χ0) is 14.8. The largest absolute Gasteiger partial charge is 0.493 e. The van der Waals surface area contributed by atoms with E-state index in [1.165, 1.54) is 6.07 Å². The van der Waals surface area contributed by atoms with E-state index < -0.39 is 11.6 Å². The van der Waals surface area contributed by atoms with Crippen molar-refractivity contribution in [1.82, 2.24) is 5.43 Å². The van der Waals surface area contributed by atoms with Crippen molar-refractivity contribution in [2.75, 3.05) is 6.61 Å². The van der Waals surface area contributed by atoms with Crippen LogP contribution in [-0.4, -0.2) is 6.61 Å². The second kappa shape index (κ2) is 5.79. The first-order valence-corrected chi connectivity index (χ1v) is 6.83. The van der Waals surface area contributed by atoms with Crippen LogP contribution in [-0.2, 0) is 12.8 Å².